The van der Waals surface area contributed by atoms with Crippen molar-refractivity contribution in [1.82, 2.24) is 14.1 Å². The van der Waals surface area contributed by atoms with E-state index in [0.717, 1.165) is 10.1 Å². The maximum absolute atomic E-state index is 13.3. The summed E-state index contributed by atoms with van der Waals surface area (Å²) in [4.78, 5) is 42.0. The Morgan fingerprint density at radius 3 is 2.37 bits per heavy atom. The standard InChI is InChI=1S/C22H16FN3O4/c1-25-20(27)18-16(21(28)29)11-17(14-7-9-15(23)10-8-14)24-19(18)26(22(25)30)12-13-5-3-2-4-6-13/h2-11H,12H2,1H3,(H,28,29). The van der Waals surface area contributed by atoms with Crippen LogP contribution in [-0.2, 0) is 13.6 Å². The highest BCUT2D eigenvalue weighted by Gasteiger charge is 2.21. The molecular formula is C22H16FN3O4. The van der Waals surface area contributed by atoms with E-state index in [1.807, 2.05) is 30.3 Å². The van der Waals surface area contributed by atoms with Gasteiger partial charge in [0.15, 0.2) is 5.65 Å². The molecule has 4 aromatic rings. The Hall–Kier alpha value is -4.07. The second-order valence-electron chi connectivity index (χ2n) is 6.78. The molecule has 0 radical (unpaired) electrons. The Kier molecular flexibility index (Phi) is 4.75. The summed E-state index contributed by atoms with van der Waals surface area (Å²) in [6.45, 7) is 0.100. The maximum atomic E-state index is 13.3. The van der Waals surface area contributed by atoms with Gasteiger partial charge in [-0.3, -0.25) is 13.9 Å². The number of carbonyl (C=O) groups is 1. The van der Waals surface area contributed by atoms with Crippen molar-refractivity contribution in [3.8, 4) is 11.3 Å². The smallest absolute Gasteiger partial charge is 0.336 e. The minimum Gasteiger partial charge on any atom is -0.478 e. The summed E-state index contributed by atoms with van der Waals surface area (Å²) in [6, 6.07) is 15.7. The lowest BCUT2D eigenvalue weighted by Gasteiger charge is -2.14. The minimum atomic E-state index is -1.33. The molecule has 2 aromatic carbocycles. The van der Waals surface area contributed by atoms with Gasteiger partial charge >= 0.3 is 11.7 Å². The van der Waals surface area contributed by atoms with Crippen LogP contribution in [0.3, 0.4) is 0 Å². The first-order valence-corrected chi connectivity index (χ1v) is 9.04. The second-order valence-corrected chi connectivity index (χ2v) is 6.78. The zero-order valence-corrected chi connectivity index (χ0v) is 15.9. The zero-order chi connectivity index (χ0) is 21.4. The van der Waals surface area contributed by atoms with Gasteiger partial charge in [-0.2, -0.15) is 0 Å². The molecule has 0 aliphatic heterocycles. The molecule has 0 amide bonds. The molecular weight excluding hydrogens is 389 g/mol. The van der Waals surface area contributed by atoms with Crippen LogP contribution in [0.15, 0.2) is 70.3 Å². The van der Waals surface area contributed by atoms with Crippen molar-refractivity contribution < 1.29 is 14.3 Å². The summed E-state index contributed by atoms with van der Waals surface area (Å²) in [5.74, 6) is -1.78. The Morgan fingerprint density at radius 1 is 1.07 bits per heavy atom. The number of fused-ring (bicyclic) bond motifs is 1. The summed E-state index contributed by atoms with van der Waals surface area (Å²) < 4.78 is 15.5. The number of pyridine rings is 1. The lowest BCUT2D eigenvalue weighted by Crippen LogP contribution is -2.39. The van der Waals surface area contributed by atoms with Crippen LogP contribution < -0.4 is 11.2 Å². The number of carboxylic acids is 1. The number of hydrogen-bond acceptors (Lipinski definition) is 4. The van der Waals surface area contributed by atoms with Gasteiger partial charge in [0.05, 0.1) is 23.2 Å². The van der Waals surface area contributed by atoms with Crippen LogP contribution >= 0.6 is 0 Å². The zero-order valence-electron chi connectivity index (χ0n) is 15.9. The SMILES string of the molecule is Cn1c(=O)c2c(C(=O)O)cc(-c3ccc(F)cc3)nc2n(Cc2ccccc2)c1=O. The topological polar surface area (TPSA) is 94.2 Å². The van der Waals surface area contributed by atoms with Gasteiger partial charge in [-0.25, -0.2) is 19.0 Å². The van der Waals surface area contributed by atoms with Crippen molar-refractivity contribution in [2.75, 3.05) is 0 Å². The Labute approximate surface area is 169 Å². The normalized spacial score (nSPS) is 11.0. The molecule has 1 N–H and O–H groups in total. The van der Waals surface area contributed by atoms with Gasteiger partial charge in [0, 0.05) is 12.6 Å². The summed E-state index contributed by atoms with van der Waals surface area (Å²) in [5, 5.41) is 9.58. The highest BCUT2D eigenvalue weighted by atomic mass is 19.1. The van der Waals surface area contributed by atoms with E-state index in [1.165, 1.54) is 41.9 Å². The van der Waals surface area contributed by atoms with Crippen LogP contribution in [0.25, 0.3) is 22.3 Å². The molecule has 0 unspecified atom stereocenters. The van der Waals surface area contributed by atoms with E-state index >= 15 is 0 Å². The van der Waals surface area contributed by atoms with E-state index in [-0.39, 0.29) is 28.8 Å². The first kappa shape index (κ1) is 19.3. The van der Waals surface area contributed by atoms with Crippen molar-refractivity contribution in [2.45, 2.75) is 6.54 Å². The summed E-state index contributed by atoms with van der Waals surface area (Å²) in [6.07, 6.45) is 0. The van der Waals surface area contributed by atoms with Crippen molar-refractivity contribution in [3.63, 3.8) is 0 Å². The number of hydrogen-bond donors (Lipinski definition) is 1. The van der Waals surface area contributed by atoms with Crippen LogP contribution in [0.2, 0.25) is 0 Å². The van der Waals surface area contributed by atoms with E-state index in [9.17, 15) is 23.9 Å². The van der Waals surface area contributed by atoms with Crippen LogP contribution in [0.4, 0.5) is 4.39 Å². The first-order chi connectivity index (χ1) is 14.4. The highest BCUT2D eigenvalue weighted by molar-refractivity contribution is 6.02. The average molecular weight is 405 g/mol. The lowest BCUT2D eigenvalue weighted by atomic mass is 10.1. The number of rotatable bonds is 4. The maximum Gasteiger partial charge on any atom is 0.336 e. The van der Waals surface area contributed by atoms with Gasteiger partial charge in [-0.05, 0) is 35.9 Å². The van der Waals surface area contributed by atoms with E-state index < -0.39 is 23.0 Å². The number of aromatic carboxylic acids is 1. The summed E-state index contributed by atoms with van der Waals surface area (Å²) in [5.41, 5.74) is -0.209. The van der Waals surface area contributed by atoms with E-state index in [1.54, 1.807) is 0 Å². The third kappa shape index (κ3) is 3.28. The highest BCUT2D eigenvalue weighted by Crippen LogP contribution is 2.23. The molecule has 2 aromatic heterocycles. The van der Waals surface area contributed by atoms with Gasteiger partial charge < -0.3 is 5.11 Å². The van der Waals surface area contributed by atoms with E-state index in [4.69, 9.17) is 0 Å². The van der Waals surface area contributed by atoms with E-state index in [2.05, 4.69) is 4.98 Å². The third-order valence-corrected chi connectivity index (χ3v) is 4.85. The number of benzene rings is 2. The molecule has 0 atom stereocenters. The molecule has 2 heterocycles. The van der Waals surface area contributed by atoms with Crippen LogP contribution in [-0.4, -0.2) is 25.2 Å². The Morgan fingerprint density at radius 2 is 1.73 bits per heavy atom. The Bertz CT molecular complexity index is 1390. The number of carboxylic acid groups (broad SMARTS) is 1. The molecule has 0 saturated carbocycles. The molecule has 4 rings (SSSR count). The molecule has 0 saturated heterocycles. The van der Waals surface area contributed by atoms with E-state index in [0.29, 0.717) is 5.56 Å². The quantitative estimate of drug-likeness (QED) is 0.563. The first-order valence-electron chi connectivity index (χ1n) is 9.04. The van der Waals surface area contributed by atoms with Crippen LogP contribution in [0, 0.1) is 5.82 Å². The second kappa shape index (κ2) is 7.40. The van der Waals surface area contributed by atoms with Crippen LogP contribution in [0.5, 0.6) is 0 Å². The summed E-state index contributed by atoms with van der Waals surface area (Å²) >= 11 is 0. The summed E-state index contributed by atoms with van der Waals surface area (Å²) in [7, 11) is 1.30. The van der Waals surface area contributed by atoms with Gasteiger partial charge in [-0.1, -0.05) is 30.3 Å². The van der Waals surface area contributed by atoms with Gasteiger partial charge in [0.1, 0.15) is 5.82 Å². The van der Waals surface area contributed by atoms with Gasteiger partial charge in [0.2, 0.25) is 0 Å². The molecule has 0 fully saturated rings. The molecule has 0 aliphatic carbocycles. The molecule has 150 valence electrons. The number of aromatic nitrogens is 3. The van der Waals surface area contributed by atoms with Gasteiger partial charge in [-0.15, -0.1) is 0 Å². The van der Waals surface area contributed by atoms with Gasteiger partial charge in [0.25, 0.3) is 5.56 Å². The monoisotopic (exact) mass is 405 g/mol. The predicted molar refractivity (Wildman–Crippen MR) is 109 cm³/mol. The third-order valence-electron chi connectivity index (χ3n) is 4.85. The molecule has 8 heteroatoms. The Balaban J connectivity index is 2.09. The molecule has 0 aliphatic rings. The molecule has 0 spiro atoms. The predicted octanol–water partition coefficient (Wildman–Crippen LogP) is 2.65. The van der Waals surface area contributed by atoms with Crippen LogP contribution in [0.1, 0.15) is 15.9 Å². The average Bonchev–Trinajstić information content (AvgIpc) is 2.75. The molecule has 0 bridgehead atoms. The molecule has 7 nitrogen and oxygen atoms in total. The fourth-order valence-corrected chi connectivity index (χ4v) is 3.31. The fraction of sp³-hybridized carbons (Fsp3) is 0.0909. The van der Waals surface area contributed by atoms with Crippen molar-refractivity contribution >= 4 is 17.0 Å². The van der Waals surface area contributed by atoms with Crippen molar-refractivity contribution in [2.24, 2.45) is 7.05 Å². The minimum absolute atomic E-state index is 0.0359. The van der Waals surface area contributed by atoms with Crippen molar-refractivity contribution in [3.05, 3.63) is 98.4 Å². The number of halogens is 1. The largest absolute Gasteiger partial charge is 0.478 e. The van der Waals surface area contributed by atoms with Crippen molar-refractivity contribution in [1.29, 1.82) is 0 Å². The molecule has 30 heavy (non-hydrogen) atoms. The lowest BCUT2D eigenvalue weighted by molar-refractivity contribution is 0.0699. The number of nitrogens with zero attached hydrogens (tertiary/aromatic N) is 3. The fourth-order valence-electron chi connectivity index (χ4n) is 3.31.